The van der Waals surface area contributed by atoms with Crippen molar-refractivity contribution in [2.45, 2.75) is 6.54 Å². The summed E-state index contributed by atoms with van der Waals surface area (Å²) in [6.45, 7) is 0.753. The Morgan fingerprint density at radius 1 is 1.23 bits per heavy atom. The molecule has 2 rings (SSSR count). The van der Waals surface area contributed by atoms with Crippen molar-refractivity contribution in [2.75, 3.05) is 5.32 Å². The molecule has 0 radical (unpaired) electrons. The second kappa shape index (κ2) is 3.95. The molecule has 66 valence electrons. The van der Waals surface area contributed by atoms with Crippen LogP contribution in [0.1, 0.15) is 4.88 Å². The second-order valence-corrected chi connectivity index (χ2v) is 3.38. The lowest BCUT2D eigenvalue weighted by Gasteiger charge is -2.00. The zero-order valence-electron chi connectivity index (χ0n) is 6.84. The van der Waals surface area contributed by atoms with E-state index in [4.69, 9.17) is 0 Å². The molecule has 4 nitrogen and oxygen atoms in total. The molecule has 2 aromatic rings. The molecule has 13 heavy (non-hydrogen) atoms. The van der Waals surface area contributed by atoms with Gasteiger partial charge in [0.05, 0.1) is 18.3 Å². The first kappa shape index (κ1) is 8.12. The van der Waals surface area contributed by atoms with Gasteiger partial charge in [0, 0.05) is 23.5 Å². The van der Waals surface area contributed by atoms with Gasteiger partial charge in [0.1, 0.15) is 5.82 Å². The Morgan fingerprint density at radius 2 is 2.23 bits per heavy atom. The standard InChI is InChI=1S/C8H8N4S/c1-2-11-8(5-9-1)12-4-7-3-10-6-13-7/h1-3,5-6H,4H2,(H,11,12). The van der Waals surface area contributed by atoms with Gasteiger partial charge in [-0.15, -0.1) is 11.3 Å². The Bertz CT molecular complexity index is 346. The van der Waals surface area contributed by atoms with Gasteiger partial charge in [-0.2, -0.15) is 0 Å². The van der Waals surface area contributed by atoms with Crippen molar-refractivity contribution in [3.8, 4) is 0 Å². The van der Waals surface area contributed by atoms with Gasteiger partial charge in [-0.05, 0) is 0 Å². The van der Waals surface area contributed by atoms with Crippen LogP contribution in [0.25, 0.3) is 0 Å². The lowest BCUT2D eigenvalue weighted by atomic mass is 10.5. The molecule has 0 aliphatic carbocycles. The van der Waals surface area contributed by atoms with Crippen LogP contribution in [0.3, 0.4) is 0 Å². The van der Waals surface area contributed by atoms with Crippen LogP contribution in [0.4, 0.5) is 5.82 Å². The van der Waals surface area contributed by atoms with Crippen LogP contribution in [0, 0.1) is 0 Å². The van der Waals surface area contributed by atoms with Crippen molar-refractivity contribution in [3.05, 3.63) is 35.2 Å². The Kier molecular flexibility index (Phi) is 2.47. The van der Waals surface area contributed by atoms with Crippen molar-refractivity contribution >= 4 is 17.2 Å². The summed E-state index contributed by atoms with van der Waals surface area (Å²) in [4.78, 5) is 13.2. The summed E-state index contributed by atoms with van der Waals surface area (Å²) < 4.78 is 0. The fraction of sp³-hybridized carbons (Fsp3) is 0.125. The van der Waals surface area contributed by atoms with Crippen LogP contribution in [-0.2, 0) is 6.54 Å². The van der Waals surface area contributed by atoms with Gasteiger partial charge in [-0.3, -0.25) is 9.97 Å². The van der Waals surface area contributed by atoms with Gasteiger partial charge < -0.3 is 5.32 Å². The van der Waals surface area contributed by atoms with E-state index in [-0.39, 0.29) is 0 Å². The highest BCUT2D eigenvalue weighted by molar-refractivity contribution is 7.09. The van der Waals surface area contributed by atoms with E-state index in [1.165, 1.54) is 4.88 Å². The minimum absolute atomic E-state index is 0.753. The molecule has 0 bridgehead atoms. The Balaban J connectivity index is 1.94. The Labute approximate surface area is 79.7 Å². The van der Waals surface area contributed by atoms with E-state index in [1.54, 1.807) is 29.9 Å². The molecule has 1 N–H and O–H groups in total. The molecule has 0 aliphatic heterocycles. The first-order valence-corrected chi connectivity index (χ1v) is 4.70. The van der Waals surface area contributed by atoms with E-state index in [9.17, 15) is 0 Å². The third-order valence-electron chi connectivity index (χ3n) is 1.49. The topological polar surface area (TPSA) is 50.7 Å². The summed E-state index contributed by atoms with van der Waals surface area (Å²) in [5.74, 6) is 0.788. The molecule has 0 amide bonds. The molecule has 0 unspecified atom stereocenters. The third-order valence-corrected chi connectivity index (χ3v) is 2.27. The van der Waals surface area contributed by atoms with Crippen molar-refractivity contribution in [3.63, 3.8) is 0 Å². The van der Waals surface area contributed by atoms with E-state index in [0.29, 0.717) is 0 Å². The minimum atomic E-state index is 0.753. The van der Waals surface area contributed by atoms with Gasteiger partial charge in [-0.25, -0.2) is 4.98 Å². The molecule has 0 saturated carbocycles. The maximum Gasteiger partial charge on any atom is 0.144 e. The van der Waals surface area contributed by atoms with Crippen LogP contribution >= 0.6 is 11.3 Å². The molecular weight excluding hydrogens is 184 g/mol. The fourth-order valence-corrected chi connectivity index (χ4v) is 1.43. The molecule has 0 atom stereocenters. The predicted octanol–water partition coefficient (Wildman–Crippen LogP) is 1.55. The molecular formula is C8H8N4S. The predicted molar refractivity (Wildman–Crippen MR) is 51.5 cm³/mol. The maximum absolute atomic E-state index is 4.09. The summed E-state index contributed by atoms with van der Waals surface area (Å²) in [7, 11) is 0. The van der Waals surface area contributed by atoms with Crippen molar-refractivity contribution in [1.29, 1.82) is 0 Å². The summed E-state index contributed by atoms with van der Waals surface area (Å²) in [6, 6.07) is 0. The molecule has 2 heterocycles. The average Bonchev–Trinajstić information content (AvgIpc) is 2.69. The van der Waals surface area contributed by atoms with Gasteiger partial charge in [-0.1, -0.05) is 0 Å². The van der Waals surface area contributed by atoms with E-state index < -0.39 is 0 Å². The SMILES string of the molecule is c1cnc(NCc2cncs2)cn1. The Hall–Kier alpha value is -1.49. The number of hydrogen-bond donors (Lipinski definition) is 1. The van der Waals surface area contributed by atoms with Gasteiger partial charge in [0.25, 0.3) is 0 Å². The van der Waals surface area contributed by atoms with Crippen molar-refractivity contribution in [1.82, 2.24) is 15.0 Å². The third kappa shape index (κ3) is 2.22. The highest BCUT2D eigenvalue weighted by atomic mass is 32.1. The summed E-state index contributed by atoms with van der Waals surface area (Å²) in [5, 5.41) is 3.14. The number of hydrogen-bond acceptors (Lipinski definition) is 5. The monoisotopic (exact) mass is 192 g/mol. The second-order valence-electron chi connectivity index (χ2n) is 2.41. The van der Waals surface area contributed by atoms with Gasteiger partial charge in [0.2, 0.25) is 0 Å². The summed E-state index contributed by atoms with van der Waals surface area (Å²) in [6.07, 6.45) is 6.85. The van der Waals surface area contributed by atoms with Crippen LogP contribution < -0.4 is 5.32 Å². The van der Waals surface area contributed by atoms with Crippen LogP contribution in [-0.4, -0.2) is 15.0 Å². The van der Waals surface area contributed by atoms with Crippen molar-refractivity contribution in [2.24, 2.45) is 0 Å². The quantitative estimate of drug-likeness (QED) is 0.801. The molecule has 0 fully saturated rings. The van der Waals surface area contributed by atoms with Gasteiger partial charge in [0.15, 0.2) is 0 Å². The largest absolute Gasteiger partial charge is 0.364 e. The molecule has 0 aromatic carbocycles. The van der Waals surface area contributed by atoms with Gasteiger partial charge >= 0.3 is 0 Å². The molecule has 5 heteroatoms. The van der Waals surface area contributed by atoms with Crippen LogP contribution in [0.5, 0.6) is 0 Å². The number of aromatic nitrogens is 3. The molecule has 0 aliphatic rings. The molecule has 2 aromatic heterocycles. The van der Waals surface area contributed by atoms with E-state index >= 15 is 0 Å². The van der Waals surface area contributed by atoms with E-state index in [2.05, 4.69) is 20.3 Å². The number of rotatable bonds is 3. The number of anilines is 1. The lowest BCUT2D eigenvalue weighted by molar-refractivity contribution is 1.10. The average molecular weight is 192 g/mol. The molecule has 0 saturated heterocycles. The zero-order chi connectivity index (χ0) is 8.93. The Morgan fingerprint density at radius 3 is 2.92 bits per heavy atom. The lowest BCUT2D eigenvalue weighted by Crippen LogP contribution is -1.99. The van der Waals surface area contributed by atoms with E-state index in [0.717, 1.165) is 12.4 Å². The summed E-state index contributed by atoms with van der Waals surface area (Å²) in [5.41, 5.74) is 1.81. The normalized spacial score (nSPS) is 9.85. The maximum atomic E-state index is 4.09. The van der Waals surface area contributed by atoms with Crippen LogP contribution in [0.2, 0.25) is 0 Å². The number of nitrogens with one attached hydrogen (secondary N) is 1. The first-order valence-electron chi connectivity index (χ1n) is 3.82. The molecule has 0 spiro atoms. The highest BCUT2D eigenvalue weighted by Crippen LogP contribution is 2.07. The fourth-order valence-electron chi connectivity index (χ4n) is 0.897. The highest BCUT2D eigenvalue weighted by Gasteiger charge is 1.94. The number of thiazole rings is 1. The minimum Gasteiger partial charge on any atom is -0.364 e. The van der Waals surface area contributed by atoms with Crippen LogP contribution in [0.15, 0.2) is 30.3 Å². The first-order chi connectivity index (χ1) is 6.45. The van der Waals surface area contributed by atoms with Crippen molar-refractivity contribution < 1.29 is 0 Å². The zero-order valence-corrected chi connectivity index (χ0v) is 7.66. The van der Waals surface area contributed by atoms with E-state index in [1.807, 2.05) is 11.7 Å². The summed E-state index contributed by atoms with van der Waals surface area (Å²) >= 11 is 1.62. The number of nitrogens with zero attached hydrogens (tertiary/aromatic N) is 3. The smallest absolute Gasteiger partial charge is 0.144 e.